The Balaban J connectivity index is 2.46. The maximum Gasteiger partial charge on any atom is 0.247 e. The van der Waals surface area contributed by atoms with Crippen molar-refractivity contribution >= 4 is 15.7 Å². The van der Waals surface area contributed by atoms with Gasteiger partial charge in [-0.1, -0.05) is 0 Å². The van der Waals surface area contributed by atoms with Crippen LogP contribution in [0.15, 0.2) is 17.0 Å². The zero-order valence-electron chi connectivity index (χ0n) is 12.3. The molecule has 0 saturated carbocycles. The molecule has 1 aliphatic rings. The molecular formula is C13H20N2O5S. The third kappa shape index (κ3) is 3.07. The molecule has 7 nitrogen and oxygen atoms in total. The van der Waals surface area contributed by atoms with E-state index in [-0.39, 0.29) is 22.4 Å². The molecule has 0 bridgehead atoms. The van der Waals surface area contributed by atoms with Crippen molar-refractivity contribution in [2.24, 2.45) is 0 Å². The lowest BCUT2D eigenvalue weighted by Gasteiger charge is -2.30. The molecular weight excluding hydrogens is 296 g/mol. The van der Waals surface area contributed by atoms with Gasteiger partial charge in [0, 0.05) is 19.2 Å². The maximum absolute atomic E-state index is 12.8. The summed E-state index contributed by atoms with van der Waals surface area (Å²) in [6.45, 7) is 2.81. The van der Waals surface area contributed by atoms with E-state index in [2.05, 4.69) is 0 Å². The van der Waals surface area contributed by atoms with Crippen molar-refractivity contribution in [2.45, 2.75) is 17.9 Å². The normalized spacial score (nSPS) is 20.2. The van der Waals surface area contributed by atoms with E-state index >= 15 is 0 Å². The minimum absolute atomic E-state index is 0.0393. The van der Waals surface area contributed by atoms with Gasteiger partial charge in [0.25, 0.3) is 0 Å². The van der Waals surface area contributed by atoms with Gasteiger partial charge in [-0.3, -0.25) is 0 Å². The summed E-state index contributed by atoms with van der Waals surface area (Å²) in [6.07, 6.45) is -0.143. The topological polar surface area (TPSA) is 91.1 Å². The van der Waals surface area contributed by atoms with Gasteiger partial charge in [-0.05, 0) is 13.0 Å². The van der Waals surface area contributed by atoms with Gasteiger partial charge in [0.1, 0.15) is 16.4 Å². The predicted molar refractivity (Wildman–Crippen MR) is 78.1 cm³/mol. The van der Waals surface area contributed by atoms with Crippen LogP contribution in [0.5, 0.6) is 11.5 Å². The van der Waals surface area contributed by atoms with E-state index in [9.17, 15) is 8.42 Å². The monoisotopic (exact) mass is 316 g/mol. The molecule has 0 spiro atoms. The first-order chi connectivity index (χ1) is 9.90. The number of hydrogen-bond acceptors (Lipinski definition) is 6. The summed E-state index contributed by atoms with van der Waals surface area (Å²) < 4.78 is 42.5. The molecule has 1 heterocycles. The summed E-state index contributed by atoms with van der Waals surface area (Å²) in [5.74, 6) is 0.585. The van der Waals surface area contributed by atoms with Crippen LogP contribution in [0.25, 0.3) is 0 Å². The summed E-state index contributed by atoms with van der Waals surface area (Å²) in [7, 11) is -0.822. The minimum atomic E-state index is -3.69. The first-order valence-corrected chi connectivity index (χ1v) is 7.97. The number of methoxy groups -OCH3 is 2. The van der Waals surface area contributed by atoms with E-state index in [1.807, 2.05) is 6.92 Å². The van der Waals surface area contributed by atoms with Crippen LogP contribution < -0.4 is 15.2 Å². The quantitative estimate of drug-likeness (QED) is 0.822. The van der Waals surface area contributed by atoms with Gasteiger partial charge in [0.15, 0.2) is 0 Å². The van der Waals surface area contributed by atoms with Crippen LogP contribution in [0.1, 0.15) is 6.92 Å². The minimum Gasteiger partial charge on any atom is -0.495 e. The lowest BCUT2D eigenvalue weighted by molar-refractivity contribution is 0.0101. The van der Waals surface area contributed by atoms with Gasteiger partial charge in [-0.15, -0.1) is 0 Å². The molecule has 1 aliphatic heterocycles. The average Bonchev–Trinajstić information content (AvgIpc) is 2.47. The second kappa shape index (κ2) is 6.08. The van der Waals surface area contributed by atoms with Crippen molar-refractivity contribution in [3.63, 3.8) is 0 Å². The zero-order chi connectivity index (χ0) is 15.6. The zero-order valence-corrected chi connectivity index (χ0v) is 13.1. The largest absolute Gasteiger partial charge is 0.495 e. The van der Waals surface area contributed by atoms with Crippen molar-refractivity contribution in [1.29, 1.82) is 0 Å². The van der Waals surface area contributed by atoms with E-state index in [0.29, 0.717) is 25.4 Å². The number of ether oxygens (including phenoxy) is 3. The molecule has 0 radical (unpaired) electrons. The lowest BCUT2D eigenvalue weighted by Crippen LogP contribution is -2.44. The maximum atomic E-state index is 12.8. The van der Waals surface area contributed by atoms with E-state index in [4.69, 9.17) is 19.9 Å². The molecule has 1 aromatic carbocycles. The second-order valence-corrected chi connectivity index (χ2v) is 6.70. The third-order valence-corrected chi connectivity index (χ3v) is 5.22. The molecule has 2 N–H and O–H groups in total. The Morgan fingerprint density at radius 2 is 1.95 bits per heavy atom. The predicted octanol–water partition coefficient (Wildman–Crippen LogP) is 0.695. The molecule has 0 aromatic heterocycles. The Morgan fingerprint density at radius 1 is 1.29 bits per heavy atom. The number of rotatable bonds is 4. The summed E-state index contributed by atoms with van der Waals surface area (Å²) in [6, 6.07) is 2.85. The van der Waals surface area contributed by atoms with Crippen LogP contribution in [0, 0.1) is 0 Å². The van der Waals surface area contributed by atoms with Crippen LogP contribution in [0.4, 0.5) is 5.69 Å². The number of hydrogen-bond donors (Lipinski definition) is 1. The summed E-state index contributed by atoms with van der Waals surface area (Å²) in [4.78, 5) is 0.0393. The van der Waals surface area contributed by atoms with Gasteiger partial charge < -0.3 is 19.9 Å². The molecule has 21 heavy (non-hydrogen) atoms. The van der Waals surface area contributed by atoms with Gasteiger partial charge in [-0.2, -0.15) is 4.31 Å². The lowest BCUT2D eigenvalue weighted by atomic mass is 10.3. The SMILES string of the molecule is COc1cc(OC)c(S(=O)(=O)N2CCOC(C)C2)cc1N. The summed E-state index contributed by atoms with van der Waals surface area (Å²) in [5.41, 5.74) is 6.07. The van der Waals surface area contributed by atoms with Crippen molar-refractivity contribution < 1.29 is 22.6 Å². The highest BCUT2D eigenvalue weighted by atomic mass is 32.2. The number of benzene rings is 1. The molecule has 1 fully saturated rings. The second-order valence-electron chi connectivity index (χ2n) is 4.79. The molecule has 8 heteroatoms. The fourth-order valence-electron chi connectivity index (χ4n) is 2.24. The Morgan fingerprint density at radius 3 is 2.52 bits per heavy atom. The Labute approximate surface area is 124 Å². The number of sulfonamides is 1. The highest BCUT2D eigenvalue weighted by Crippen LogP contribution is 2.35. The molecule has 1 aromatic rings. The Bertz CT molecular complexity index is 617. The number of nitrogens with zero attached hydrogens (tertiary/aromatic N) is 1. The number of anilines is 1. The number of nitrogen functional groups attached to an aromatic ring is 1. The van der Waals surface area contributed by atoms with Crippen LogP contribution >= 0.6 is 0 Å². The highest BCUT2D eigenvalue weighted by Gasteiger charge is 2.32. The molecule has 1 atom stereocenters. The first-order valence-electron chi connectivity index (χ1n) is 6.53. The summed E-state index contributed by atoms with van der Waals surface area (Å²) >= 11 is 0. The fraction of sp³-hybridized carbons (Fsp3) is 0.538. The standard InChI is InChI=1S/C13H20N2O5S/c1-9-8-15(4-5-20-9)21(16,17)13-6-10(14)11(18-2)7-12(13)19-3/h6-7,9H,4-5,8,14H2,1-3H3. The molecule has 1 saturated heterocycles. The van der Waals surface area contributed by atoms with Crippen LogP contribution in [0.3, 0.4) is 0 Å². The van der Waals surface area contributed by atoms with E-state index in [1.165, 1.54) is 30.7 Å². The van der Waals surface area contributed by atoms with Crippen LogP contribution in [-0.4, -0.2) is 52.7 Å². The fourth-order valence-corrected chi connectivity index (χ4v) is 3.91. The van der Waals surface area contributed by atoms with E-state index < -0.39 is 10.0 Å². The third-order valence-electron chi connectivity index (χ3n) is 3.34. The number of nitrogens with two attached hydrogens (primary N) is 1. The van der Waals surface area contributed by atoms with Crippen LogP contribution in [-0.2, 0) is 14.8 Å². The van der Waals surface area contributed by atoms with Crippen LogP contribution in [0.2, 0.25) is 0 Å². The van der Waals surface area contributed by atoms with E-state index in [1.54, 1.807) is 0 Å². The first kappa shape index (κ1) is 15.9. The van der Waals surface area contributed by atoms with Gasteiger partial charge in [-0.25, -0.2) is 8.42 Å². The molecule has 2 rings (SSSR count). The van der Waals surface area contributed by atoms with E-state index in [0.717, 1.165) is 0 Å². The van der Waals surface area contributed by atoms with Crippen molar-refractivity contribution in [2.75, 3.05) is 39.6 Å². The van der Waals surface area contributed by atoms with Gasteiger partial charge in [0.05, 0.1) is 32.6 Å². The summed E-state index contributed by atoms with van der Waals surface area (Å²) in [5, 5.41) is 0. The van der Waals surface area contributed by atoms with Gasteiger partial charge >= 0.3 is 0 Å². The Hall–Kier alpha value is -1.51. The van der Waals surface area contributed by atoms with Crippen molar-refractivity contribution in [3.05, 3.63) is 12.1 Å². The highest BCUT2D eigenvalue weighted by molar-refractivity contribution is 7.89. The molecule has 0 amide bonds. The molecule has 118 valence electrons. The smallest absolute Gasteiger partial charge is 0.247 e. The van der Waals surface area contributed by atoms with Crippen molar-refractivity contribution in [1.82, 2.24) is 4.31 Å². The molecule has 0 aliphatic carbocycles. The van der Waals surface area contributed by atoms with Crippen molar-refractivity contribution in [3.8, 4) is 11.5 Å². The number of morpholine rings is 1. The Kier molecular flexibility index (Phi) is 4.60. The van der Waals surface area contributed by atoms with Gasteiger partial charge in [0.2, 0.25) is 10.0 Å². The average molecular weight is 316 g/mol. The molecule has 1 unspecified atom stereocenters.